The number of ether oxygens (including phenoxy) is 2. The van der Waals surface area contributed by atoms with Crippen molar-refractivity contribution in [3.8, 4) is 11.5 Å². The molecule has 0 atom stereocenters. The maximum Gasteiger partial charge on any atom is 0.262 e. The molecule has 25 heavy (non-hydrogen) atoms. The van der Waals surface area contributed by atoms with Gasteiger partial charge in [-0.15, -0.1) is 0 Å². The molecule has 0 aliphatic carbocycles. The number of para-hydroxylation sites is 2. The minimum Gasteiger partial charge on any atom is -0.492 e. The topological polar surface area (TPSA) is 47.6 Å². The van der Waals surface area contributed by atoms with Crippen LogP contribution in [-0.4, -0.2) is 19.1 Å². The molecule has 0 aliphatic rings. The molecule has 0 spiro atoms. The van der Waals surface area contributed by atoms with E-state index >= 15 is 0 Å². The monoisotopic (exact) mass is 399 g/mol. The number of benzene rings is 3. The van der Waals surface area contributed by atoms with Crippen LogP contribution in [0.15, 0.2) is 65.1 Å². The van der Waals surface area contributed by atoms with Gasteiger partial charge in [0.05, 0.1) is 16.8 Å². The maximum atomic E-state index is 12.2. The van der Waals surface area contributed by atoms with Gasteiger partial charge < -0.3 is 14.8 Å². The van der Waals surface area contributed by atoms with Gasteiger partial charge in [0, 0.05) is 0 Å². The molecule has 3 aromatic carbocycles. The van der Waals surface area contributed by atoms with E-state index in [4.69, 9.17) is 9.47 Å². The van der Waals surface area contributed by atoms with E-state index in [0.29, 0.717) is 23.8 Å². The third-order valence-electron chi connectivity index (χ3n) is 3.65. The number of halogens is 1. The van der Waals surface area contributed by atoms with Crippen molar-refractivity contribution in [1.82, 2.24) is 0 Å². The summed E-state index contributed by atoms with van der Waals surface area (Å²) in [6.45, 7) is 2.35. The molecule has 3 aromatic rings. The molecule has 0 aromatic heterocycles. The lowest BCUT2D eigenvalue weighted by molar-refractivity contribution is -0.118. The first-order valence-corrected chi connectivity index (χ1v) is 8.80. The summed E-state index contributed by atoms with van der Waals surface area (Å²) >= 11 is 3.55. The first-order chi connectivity index (χ1) is 12.2. The lowest BCUT2D eigenvalue weighted by Gasteiger charge is -2.13. The Hall–Kier alpha value is -2.53. The molecule has 0 heterocycles. The van der Waals surface area contributed by atoms with Gasteiger partial charge in [-0.1, -0.05) is 42.5 Å². The summed E-state index contributed by atoms with van der Waals surface area (Å²) < 4.78 is 12.0. The molecule has 4 nitrogen and oxygen atoms in total. The lowest BCUT2D eigenvalue weighted by Crippen LogP contribution is -2.20. The number of carbonyl (C=O) groups is 1. The zero-order valence-corrected chi connectivity index (χ0v) is 15.4. The Morgan fingerprint density at radius 2 is 1.72 bits per heavy atom. The maximum absolute atomic E-state index is 12.2. The average molecular weight is 400 g/mol. The summed E-state index contributed by atoms with van der Waals surface area (Å²) in [7, 11) is 0. The van der Waals surface area contributed by atoms with Crippen LogP contribution in [0.3, 0.4) is 0 Å². The Morgan fingerprint density at radius 1 is 0.960 bits per heavy atom. The molecule has 5 heteroatoms. The quantitative estimate of drug-likeness (QED) is 0.632. The highest BCUT2D eigenvalue weighted by Gasteiger charge is 2.10. The predicted molar refractivity (Wildman–Crippen MR) is 103 cm³/mol. The summed E-state index contributed by atoms with van der Waals surface area (Å²) in [6.07, 6.45) is 0. The molecule has 0 fully saturated rings. The van der Waals surface area contributed by atoms with Crippen molar-refractivity contribution in [2.75, 3.05) is 18.5 Å². The van der Waals surface area contributed by atoms with E-state index in [9.17, 15) is 4.79 Å². The second-order valence-corrected chi connectivity index (χ2v) is 6.16. The van der Waals surface area contributed by atoms with Crippen molar-refractivity contribution < 1.29 is 14.3 Å². The summed E-state index contributed by atoms with van der Waals surface area (Å²) in [6, 6.07) is 19.1. The normalized spacial score (nSPS) is 10.5. The molecule has 128 valence electrons. The Bertz CT molecular complexity index is 895. The zero-order valence-electron chi connectivity index (χ0n) is 13.8. The van der Waals surface area contributed by atoms with Crippen LogP contribution < -0.4 is 14.8 Å². The minimum absolute atomic E-state index is 0.0859. The number of anilines is 1. The number of amides is 1. The van der Waals surface area contributed by atoms with Crippen molar-refractivity contribution in [1.29, 1.82) is 0 Å². The third kappa shape index (κ3) is 4.12. The van der Waals surface area contributed by atoms with Gasteiger partial charge in [0.1, 0.15) is 11.5 Å². The molecule has 3 rings (SSSR count). The third-order valence-corrected chi connectivity index (χ3v) is 4.47. The van der Waals surface area contributed by atoms with Gasteiger partial charge in [-0.3, -0.25) is 4.79 Å². The molecule has 0 saturated carbocycles. The second kappa shape index (κ2) is 8.03. The molecule has 0 unspecified atom stereocenters. The lowest BCUT2D eigenvalue weighted by atomic mass is 10.1. The van der Waals surface area contributed by atoms with E-state index in [1.54, 1.807) is 6.07 Å². The van der Waals surface area contributed by atoms with Crippen LogP contribution >= 0.6 is 15.9 Å². The molecule has 1 amide bonds. The first-order valence-electron chi connectivity index (χ1n) is 8.00. The summed E-state index contributed by atoms with van der Waals surface area (Å²) in [4.78, 5) is 12.2. The summed E-state index contributed by atoms with van der Waals surface area (Å²) in [5, 5.41) is 4.97. The Balaban J connectivity index is 1.68. The molecular weight excluding hydrogens is 382 g/mol. The van der Waals surface area contributed by atoms with Crippen LogP contribution in [0, 0.1) is 0 Å². The molecule has 0 aliphatic heterocycles. The van der Waals surface area contributed by atoms with E-state index in [-0.39, 0.29) is 12.5 Å². The van der Waals surface area contributed by atoms with E-state index in [1.807, 2.05) is 61.5 Å². The molecular formula is C20H18BrNO3. The first kappa shape index (κ1) is 17.3. The highest BCUT2D eigenvalue weighted by atomic mass is 79.9. The van der Waals surface area contributed by atoms with Gasteiger partial charge in [-0.2, -0.15) is 0 Å². The standard InChI is InChI=1S/C20H18BrNO3/c1-2-24-17-10-6-5-9-16(17)22-19(23)13-25-18-12-11-14-7-3-4-8-15(14)20(18)21/h3-12H,2,13H2,1H3,(H,22,23). The van der Waals surface area contributed by atoms with E-state index in [0.717, 1.165) is 15.2 Å². The number of nitrogens with one attached hydrogen (secondary N) is 1. The predicted octanol–water partition coefficient (Wildman–Crippen LogP) is 5.02. The number of carbonyl (C=O) groups excluding carboxylic acids is 1. The van der Waals surface area contributed by atoms with Crippen molar-refractivity contribution in [2.24, 2.45) is 0 Å². The average Bonchev–Trinajstić information content (AvgIpc) is 2.63. The highest BCUT2D eigenvalue weighted by molar-refractivity contribution is 9.10. The van der Waals surface area contributed by atoms with Crippen LogP contribution in [0.2, 0.25) is 0 Å². The van der Waals surface area contributed by atoms with E-state index < -0.39 is 0 Å². The highest BCUT2D eigenvalue weighted by Crippen LogP contribution is 2.33. The number of hydrogen-bond donors (Lipinski definition) is 1. The number of fused-ring (bicyclic) bond motifs is 1. The van der Waals surface area contributed by atoms with Crippen molar-refractivity contribution >= 4 is 38.3 Å². The van der Waals surface area contributed by atoms with Crippen LogP contribution in [0.1, 0.15) is 6.92 Å². The van der Waals surface area contributed by atoms with Gasteiger partial charge in [0.2, 0.25) is 0 Å². The fourth-order valence-corrected chi connectivity index (χ4v) is 3.11. The Morgan fingerprint density at radius 3 is 2.56 bits per heavy atom. The van der Waals surface area contributed by atoms with E-state index in [2.05, 4.69) is 21.2 Å². The molecule has 1 N–H and O–H groups in total. The van der Waals surface area contributed by atoms with Crippen LogP contribution in [0.5, 0.6) is 11.5 Å². The molecule has 0 radical (unpaired) electrons. The fraction of sp³-hybridized carbons (Fsp3) is 0.150. The van der Waals surface area contributed by atoms with Crippen LogP contribution in [0.25, 0.3) is 10.8 Å². The number of hydrogen-bond acceptors (Lipinski definition) is 3. The number of rotatable bonds is 6. The Labute approximate surface area is 154 Å². The molecule has 0 saturated heterocycles. The fourth-order valence-electron chi connectivity index (χ4n) is 2.51. The smallest absolute Gasteiger partial charge is 0.262 e. The van der Waals surface area contributed by atoms with Crippen molar-refractivity contribution in [3.05, 3.63) is 65.1 Å². The van der Waals surface area contributed by atoms with Gasteiger partial charge >= 0.3 is 0 Å². The SMILES string of the molecule is CCOc1ccccc1NC(=O)COc1ccc2ccccc2c1Br. The van der Waals surface area contributed by atoms with Crippen LogP contribution in [-0.2, 0) is 4.79 Å². The van der Waals surface area contributed by atoms with Crippen LogP contribution in [0.4, 0.5) is 5.69 Å². The van der Waals surface area contributed by atoms with E-state index in [1.165, 1.54) is 0 Å². The zero-order chi connectivity index (χ0) is 17.6. The Kier molecular flexibility index (Phi) is 5.56. The van der Waals surface area contributed by atoms with Crippen molar-refractivity contribution in [3.63, 3.8) is 0 Å². The summed E-state index contributed by atoms with van der Waals surface area (Å²) in [5.41, 5.74) is 0.635. The summed E-state index contributed by atoms with van der Waals surface area (Å²) in [5.74, 6) is 1.03. The van der Waals surface area contributed by atoms with Gasteiger partial charge in [-0.25, -0.2) is 0 Å². The largest absolute Gasteiger partial charge is 0.492 e. The molecule has 0 bridgehead atoms. The second-order valence-electron chi connectivity index (χ2n) is 5.36. The van der Waals surface area contributed by atoms with Gasteiger partial charge in [0.25, 0.3) is 5.91 Å². The minimum atomic E-state index is -0.243. The van der Waals surface area contributed by atoms with Crippen molar-refractivity contribution in [2.45, 2.75) is 6.92 Å². The van der Waals surface area contributed by atoms with Gasteiger partial charge in [-0.05, 0) is 51.8 Å². The van der Waals surface area contributed by atoms with Gasteiger partial charge in [0.15, 0.2) is 6.61 Å².